The molecule has 0 saturated heterocycles. The van der Waals surface area contributed by atoms with Crippen molar-refractivity contribution >= 4 is 38.5 Å². The van der Waals surface area contributed by atoms with Gasteiger partial charge >= 0.3 is 22.6 Å². The molecule has 3 unspecified atom stereocenters. The van der Waals surface area contributed by atoms with Crippen LogP contribution in [0, 0.1) is 0 Å². The SMILES string of the molecule is C=CCN(CC=C)P(=O)(Oc1ccc(C(C)(C)c2ccc(C(C)(c3ccc(OP(=O)(c4ccccc4)N(CC=C)CC=C)cc3)c3ccc(OP(=O)(c4ccccc4)N(CC=C)CC=C)cc3)cc2)cc1)c1ccccc1. The first-order valence-electron chi connectivity index (χ1n) is 25.5. The van der Waals surface area contributed by atoms with Gasteiger partial charge in [0.1, 0.15) is 17.2 Å². The van der Waals surface area contributed by atoms with Crippen molar-refractivity contribution in [3.8, 4) is 17.2 Å². The summed E-state index contributed by atoms with van der Waals surface area (Å²) in [5.74, 6) is 1.36. The van der Waals surface area contributed by atoms with Crippen LogP contribution in [0.4, 0.5) is 0 Å². The molecule has 0 bridgehead atoms. The van der Waals surface area contributed by atoms with Gasteiger partial charge < -0.3 is 13.6 Å². The smallest absolute Gasteiger partial charge is 0.350 e. The minimum atomic E-state index is -3.64. The lowest BCUT2D eigenvalue weighted by atomic mass is 9.70. The number of hydrogen-bond acceptors (Lipinski definition) is 6. The zero-order valence-electron chi connectivity index (χ0n) is 44.5. The molecule has 0 radical (unpaired) electrons. The summed E-state index contributed by atoms with van der Waals surface area (Å²) in [5.41, 5.74) is 3.77. The van der Waals surface area contributed by atoms with Gasteiger partial charge in [-0.3, -0.25) is 13.7 Å². The van der Waals surface area contributed by atoms with E-state index in [2.05, 4.69) is 84.5 Å². The highest BCUT2D eigenvalue weighted by atomic mass is 31.2. The molecule has 0 N–H and O–H groups in total. The highest BCUT2D eigenvalue weighted by molar-refractivity contribution is 7.65. The fraction of sp³-hybridized carbons (Fsp3) is 0.169. The molecule has 0 aliphatic carbocycles. The van der Waals surface area contributed by atoms with E-state index in [0.717, 1.165) is 27.8 Å². The maximum Gasteiger partial charge on any atom is 0.350 e. The van der Waals surface area contributed by atoms with Gasteiger partial charge in [-0.2, -0.15) is 0 Å². The van der Waals surface area contributed by atoms with Crippen LogP contribution in [0.3, 0.4) is 0 Å². The number of rotatable bonds is 29. The van der Waals surface area contributed by atoms with Gasteiger partial charge in [-0.25, -0.2) is 14.0 Å². The lowest BCUT2D eigenvalue weighted by molar-refractivity contribution is 0.398. The Labute approximate surface area is 457 Å². The van der Waals surface area contributed by atoms with E-state index in [1.54, 1.807) is 50.5 Å². The minimum Gasteiger partial charge on any atom is -0.429 e. The number of benzene rings is 7. The Balaban J connectivity index is 1.26. The zero-order valence-corrected chi connectivity index (χ0v) is 47.2. The van der Waals surface area contributed by atoms with Crippen molar-refractivity contribution in [2.24, 2.45) is 0 Å². The van der Waals surface area contributed by atoms with E-state index in [1.807, 2.05) is 164 Å². The Kier molecular flexibility index (Phi) is 19.4. The van der Waals surface area contributed by atoms with Gasteiger partial charge in [-0.05, 0) is 108 Å². The Morgan fingerprint density at radius 2 is 0.545 bits per heavy atom. The van der Waals surface area contributed by atoms with Crippen LogP contribution < -0.4 is 29.5 Å². The quantitative estimate of drug-likeness (QED) is 0.0258. The van der Waals surface area contributed by atoms with Crippen LogP contribution in [0.25, 0.3) is 0 Å². The van der Waals surface area contributed by atoms with Crippen LogP contribution in [-0.2, 0) is 24.5 Å². The molecule has 7 aromatic carbocycles. The molecule has 7 aromatic rings. The van der Waals surface area contributed by atoms with Gasteiger partial charge in [0.2, 0.25) is 0 Å². The highest BCUT2D eigenvalue weighted by Crippen LogP contribution is 2.53. The first kappa shape index (κ1) is 57.7. The van der Waals surface area contributed by atoms with Crippen LogP contribution in [0.5, 0.6) is 17.2 Å². The fourth-order valence-electron chi connectivity index (χ4n) is 9.38. The predicted molar refractivity (Wildman–Crippen MR) is 322 cm³/mol. The van der Waals surface area contributed by atoms with Crippen LogP contribution in [0.2, 0.25) is 0 Å². The van der Waals surface area contributed by atoms with Crippen molar-refractivity contribution in [3.05, 3.63) is 292 Å². The van der Waals surface area contributed by atoms with Gasteiger partial charge in [0.25, 0.3) is 0 Å². The third-order valence-corrected chi connectivity index (χ3v) is 21.2. The van der Waals surface area contributed by atoms with Crippen molar-refractivity contribution in [1.29, 1.82) is 0 Å². The molecule has 0 saturated carbocycles. The van der Waals surface area contributed by atoms with Crippen molar-refractivity contribution in [1.82, 2.24) is 14.0 Å². The Bertz CT molecular complexity index is 3100. The van der Waals surface area contributed by atoms with Crippen molar-refractivity contribution in [2.45, 2.75) is 31.6 Å². The summed E-state index contributed by atoms with van der Waals surface area (Å²) in [6.07, 6.45) is 10.3. The monoisotopic (exact) mass is 1080 g/mol. The minimum absolute atomic E-state index is 0.325. The fourth-order valence-corrected chi connectivity index (χ4v) is 15.9. The summed E-state index contributed by atoms with van der Waals surface area (Å²) >= 11 is 0. The van der Waals surface area contributed by atoms with E-state index in [0.29, 0.717) is 72.4 Å². The van der Waals surface area contributed by atoms with E-state index in [9.17, 15) is 4.57 Å². The van der Waals surface area contributed by atoms with Gasteiger partial charge in [-0.15, -0.1) is 39.5 Å². The van der Waals surface area contributed by atoms with Crippen LogP contribution in [-0.4, -0.2) is 53.3 Å². The van der Waals surface area contributed by atoms with Gasteiger partial charge in [0.05, 0.1) is 15.9 Å². The van der Waals surface area contributed by atoms with E-state index in [4.69, 9.17) is 13.6 Å². The summed E-state index contributed by atoms with van der Waals surface area (Å²) in [4.78, 5) is 0. The summed E-state index contributed by atoms with van der Waals surface area (Å²) in [7, 11) is -10.8. The average Bonchev–Trinajstić information content (AvgIpc) is 3.46. The second-order valence-corrected chi connectivity index (χ2v) is 26.0. The zero-order chi connectivity index (χ0) is 55.1. The summed E-state index contributed by atoms with van der Waals surface area (Å²) in [5, 5.41) is 1.70. The third kappa shape index (κ3) is 12.7. The van der Waals surface area contributed by atoms with Crippen molar-refractivity contribution in [2.75, 3.05) is 39.3 Å². The highest BCUT2D eigenvalue weighted by Gasteiger charge is 2.39. The van der Waals surface area contributed by atoms with E-state index in [1.165, 1.54) is 0 Å². The molecule has 0 aromatic heterocycles. The molecule has 0 spiro atoms. The standard InChI is InChI=1S/C65H70N3O6P3/c1-10-47-66(48-11-2)75(69,61-25-19-16-20-26-61)72-58-41-35-54(36-42-58)64(7,8)53-31-33-55(34-32-53)65(9,56-37-43-59(44-38-56)73-76(70,62-27-21-17-22-28-62)67(49-12-3)50-13-4)57-39-45-60(46-40-57)74-77(71,63-29-23-18-24-30-63)68(51-14-5)52-15-6/h10-46H,1-6,47-52H2,7-9H3. The molecule has 77 heavy (non-hydrogen) atoms. The summed E-state index contributed by atoms with van der Waals surface area (Å²) in [6.45, 7) is 32.0. The second-order valence-electron chi connectivity index (χ2n) is 19.1. The molecule has 7 rings (SSSR count). The van der Waals surface area contributed by atoms with Crippen molar-refractivity contribution in [3.63, 3.8) is 0 Å². The van der Waals surface area contributed by atoms with Crippen LogP contribution >= 0.6 is 22.6 Å². The maximum absolute atomic E-state index is 15.1. The van der Waals surface area contributed by atoms with Gasteiger partial charge in [-0.1, -0.05) is 166 Å². The van der Waals surface area contributed by atoms with E-state index >= 15 is 9.13 Å². The molecular weight excluding hydrogens is 1010 g/mol. The lowest BCUT2D eigenvalue weighted by Gasteiger charge is -2.34. The lowest BCUT2D eigenvalue weighted by Crippen LogP contribution is -2.30. The number of nitrogens with zero attached hydrogens (tertiary/aromatic N) is 3. The average molecular weight is 1080 g/mol. The Morgan fingerprint density at radius 3 is 0.779 bits per heavy atom. The molecule has 0 aliphatic rings. The normalized spacial score (nSPS) is 14.7. The van der Waals surface area contributed by atoms with E-state index in [-0.39, 0.29) is 0 Å². The molecular formula is C65H70N3O6P3. The number of hydrogen-bond donors (Lipinski definition) is 0. The summed E-state index contributed by atoms with van der Waals surface area (Å²) in [6, 6.07) is 59.7. The summed E-state index contributed by atoms with van der Waals surface area (Å²) < 4.78 is 69.8. The molecule has 3 atom stereocenters. The van der Waals surface area contributed by atoms with E-state index < -0.39 is 33.4 Å². The molecule has 9 nitrogen and oxygen atoms in total. The van der Waals surface area contributed by atoms with Crippen LogP contribution in [0.1, 0.15) is 48.6 Å². The molecule has 0 amide bonds. The molecule has 0 fully saturated rings. The second kappa shape index (κ2) is 25.9. The Morgan fingerprint density at radius 1 is 0.338 bits per heavy atom. The predicted octanol–water partition coefficient (Wildman–Crippen LogP) is 15.1. The topological polar surface area (TPSA) is 88.6 Å². The molecule has 0 heterocycles. The molecule has 0 aliphatic heterocycles. The molecule has 12 heteroatoms. The van der Waals surface area contributed by atoms with Crippen LogP contribution in [0.15, 0.2) is 264 Å². The third-order valence-electron chi connectivity index (χ3n) is 13.7. The largest absolute Gasteiger partial charge is 0.429 e. The first-order chi connectivity index (χ1) is 37.1. The maximum atomic E-state index is 15.1. The van der Waals surface area contributed by atoms with Crippen molar-refractivity contribution < 1.29 is 27.3 Å². The van der Waals surface area contributed by atoms with Gasteiger partial charge in [0.15, 0.2) is 0 Å². The van der Waals surface area contributed by atoms with Gasteiger partial charge in [0, 0.05) is 50.1 Å². The molecule has 396 valence electrons. The first-order valence-corrected chi connectivity index (χ1v) is 30.3. The Hall–Kier alpha value is -7.05.